The molecule has 2 fully saturated rings. The number of ether oxygens (including phenoxy) is 1. The summed E-state index contributed by atoms with van der Waals surface area (Å²) in [6, 6.07) is 9.79. The summed E-state index contributed by atoms with van der Waals surface area (Å²) >= 11 is 0. The van der Waals surface area contributed by atoms with Crippen LogP contribution in [0.5, 0.6) is 5.75 Å². The summed E-state index contributed by atoms with van der Waals surface area (Å²) in [5, 5.41) is 4.12. The minimum atomic E-state index is -2.02. The third kappa shape index (κ3) is 6.58. The Morgan fingerprint density at radius 1 is 1.02 bits per heavy atom. The molecule has 2 amide bonds. The van der Waals surface area contributed by atoms with E-state index in [2.05, 4.69) is 68.2 Å². The molecule has 1 saturated heterocycles. The lowest BCUT2D eigenvalue weighted by molar-refractivity contribution is 0.229. The molecular weight excluding hydrogens is 591 g/mol. The number of aromatic nitrogens is 3. The Morgan fingerprint density at radius 2 is 1.67 bits per heavy atom. The molecule has 3 aromatic rings. The largest absolute Gasteiger partial charge is 0.492 e. The van der Waals surface area contributed by atoms with Crippen LogP contribution < -0.4 is 15.0 Å². The number of anilines is 3. The number of nitrogens with one attached hydrogen (secondary N) is 1. The second-order valence-corrected chi connectivity index (χ2v) is 19.9. The first-order valence-corrected chi connectivity index (χ1v) is 19.0. The van der Waals surface area contributed by atoms with Crippen molar-refractivity contribution < 1.29 is 9.53 Å². The van der Waals surface area contributed by atoms with Crippen molar-refractivity contribution in [1.29, 1.82) is 0 Å². The molecule has 9 nitrogen and oxygen atoms in total. The van der Waals surface area contributed by atoms with Crippen molar-refractivity contribution in [3.05, 3.63) is 42.1 Å². The molecule has 1 N–H and O–H groups in total. The van der Waals surface area contributed by atoms with Crippen LogP contribution in [0.15, 0.2) is 36.5 Å². The van der Waals surface area contributed by atoms with Crippen LogP contribution in [0.1, 0.15) is 72.8 Å². The fraction of sp³-hybridized carbons (Fsp3) is 0.556. The highest BCUT2D eigenvalue weighted by Gasteiger charge is 2.51. The average Bonchev–Trinajstić information content (AvgIpc) is 3.55. The Labute approximate surface area is 276 Å². The maximum Gasteiger partial charge on any atom is 0.326 e. The molecular formula is C36H51N7O2Si. The van der Waals surface area contributed by atoms with E-state index in [9.17, 15) is 4.79 Å². The van der Waals surface area contributed by atoms with Crippen LogP contribution in [-0.2, 0) is 0 Å². The van der Waals surface area contributed by atoms with Gasteiger partial charge in [-0.15, -0.1) is 5.54 Å². The van der Waals surface area contributed by atoms with Gasteiger partial charge in [-0.2, -0.15) is 4.98 Å². The second-order valence-electron chi connectivity index (χ2n) is 14.3. The summed E-state index contributed by atoms with van der Waals surface area (Å²) in [7, 11) is 3.92. The van der Waals surface area contributed by atoms with Gasteiger partial charge in [0.2, 0.25) is 5.95 Å². The molecule has 5 rings (SSSR count). The van der Waals surface area contributed by atoms with Crippen molar-refractivity contribution in [2.75, 3.05) is 51.1 Å². The predicted octanol–water partition coefficient (Wildman–Crippen LogP) is 7.46. The summed E-state index contributed by atoms with van der Waals surface area (Å²) < 4.78 is 5.85. The van der Waals surface area contributed by atoms with Crippen LogP contribution in [-0.4, -0.2) is 85.2 Å². The fourth-order valence-electron chi connectivity index (χ4n) is 7.70. The topological polar surface area (TPSA) is 86.7 Å². The number of benzene rings is 1. The van der Waals surface area contributed by atoms with Gasteiger partial charge in [-0.25, -0.2) is 14.8 Å². The predicted molar refractivity (Wildman–Crippen MR) is 191 cm³/mol. The van der Waals surface area contributed by atoms with Gasteiger partial charge in [0.15, 0.2) is 5.65 Å². The zero-order valence-electron chi connectivity index (χ0n) is 29.1. The average molecular weight is 642 g/mol. The van der Waals surface area contributed by atoms with Gasteiger partial charge in [0.25, 0.3) is 0 Å². The smallest absolute Gasteiger partial charge is 0.326 e. The van der Waals surface area contributed by atoms with Gasteiger partial charge in [0.05, 0.1) is 10.9 Å². The molecule has 46 heavy (non-hydrogen) atoms. The first kappa shape index (κ1) is 33.7. The molecule has 0 radical (unpaired) electrons. The number of carbonyl (C=O) groups excluding carboxylic acids is 1. The molecule has 1 aromatic carbocycles. The molecule has 1 aliphatic carbocycles. The van der Waals surface area contributed by atoms with Gasteiger partial charge in [0.1, 0.15) is 26.2 Å². The van der Waals surface area contributed by atoms with E-state index < -0.39 is 8.07 Å². The second kappa shape index (κ2) is 13.6. The van der Waals surface area contributed by atoms with Crippen molar-refractivity contribution in [2.45, 2.75) is 89.4 Å². The number of rotatable bonds is 10. The van der Waals surface area contributed by atoms with Crippen molar-refractivity contribution in [1.82, 2.24) is 24.8 Å². The number of nitrogens with zero attached hydrogens (tertiary/aromatic N) is 6. The van der Waals surface area contributed by atoms with Gasteiger partial charge in [-0.05, 0) is 73.9 Å². The maximum atomic E-state index is 13.7. The summed E-state index contributed by atoms with van der Waals surface area (Å²) in [6.07, 6.45) is 5.98. The SMILES string of the molecule is CC(C)[Si](C#Cc1cc(N2C(=O)N(C)CC23CCCC3)nc2nc(Nc3ccc(OCCN(C)C)cc3)ncc12)(C(C)C)C(C)C. The van der Waals surface area contributed by atoms with Gasteiger partial charge in [-0.3, -0.25) is 4.90 Å². The lowest BCUT2D eigenvalue weighted by Gasteiger charge is -2.38. The number of amides is 2. The van der Waals surface area contributed by atoms with E-state index in [1.54, 1.807) is 0 Å². The number of hydrogen-bond donors (Lipinski definition) is 1. The minimum absolute atomic E-state index is 0.0109. The van der Waals surface area contributed by atoms with Crippen molar-refractivity contribution in [2.24, 2.45) is 0 Å². The van der Waals surface area contributed by atoms with E-state index in [1.807, 2.05) is 67.5 Å². The van der Waals surface area contributed by atoms with Crippen molar-refractivity contribution >= 4 is 42.6 Å². The number of fused-ring (bicyclic) bond motifs is 1. The monoisotopic (exact) mass is 641 g/mol. The van der Waals surface area contributed by atoms with E-state index in [4.69, 9.17) is 14.7 Å². The Balaban J connectivity index is 1.57. The van der Waals surface area contributed by atoms with Crippen LogP contribution in [0, 0.1) is 11.5 Å². The zero-order valence-corrected chi connectivity index (χ0v) is 30.1. The number of likely N-dealkylation sites (N-methyl/N-ethyl adjacent to an activating group) is 2. The lowest BCUT2D eigenvalue weighted by atomic mass is 9.96. The van der Waals surface area contributed by atoms with E-state index >= 15 is 0 Å². The van der Waals surface area contributed by atoms with Crippen molar-refractivity contribution in [3.63, 3.8) is 0 Å². The Bertz CT molecular complexity index is 1580. The van der Waals surface area contributed by atoms with Crippen LogP contribution in [0.2, 0.25) is 16.6 Å². The number of pyridine rings is 1. The van der Waals surface area contributed by atoms with E-state index in [-0.39, 0.29) is 11.6 Å². The van der Waals surface area contributed by atoms with Crippen LogP contribution in [0.3, 0.4) is 0 Å². The highest BCUT2D eigenvalue weighted by atomic mass is 28.3. The highest BCUT2D eigenvalue weighted by Crippen LogP contribution is 2.44. The molecule has 0 bridgehead atoms. The quantitative estimate of drug-likeness (QED) is 0.182. The fourth-order valence-corrected chi connectivity index (χ4v) is 12.9. The highest BCUT2D eigenvalue weighted by molar-refractivity contribution is 6.90. The lowest BCUT2D eigenvalue weighted by Crippen LogP contribution is -2.45. The molecule has 0 unspecified atom stereocenters. The van der Waals surface area contributed by atoms with Gasteiger partial charge >= 0.3 is 6.03 Å². The van der Waals surface area contributed by atoms with Gasteiger partial charge in [0, 0.05) is 37.6 Å². The number of hydrogen-bond acceptors (Lipinski definition) is 7. The molecule has 2 aromatic heterocycles. The Hall–Kier alpha value is -3.68. The summed E-state index contributed by atoms with van der Waals surface area (Å²) in [5.41, 5.74) is 7.35. The van der Waals surface area contributed by atoms with Gasteiger partial charge in [-0.1, -0.05) is 60.3 Å². The normalized spacial score (nSPS) is 16.4. The first-order chi connectivity index (χ1) is 21.9. The molecule has 3 heterocycles. The van der Waals surface area contributed by atoms with Crippen LogP contribution >= 0.6 is 0 Å². The molecule has 2 aliphatic rings. The summed E-state index contributed by atoms with van der Waals surface area (Å²) in [6.45, 7) is 16.1. The number of urea groups is 1. The summed E-state index contributed by atoms with van der Waals surface area (Å²) in [5.74, 6) is 5.52. The zero-order chi connectivity index (χ0) is 33.2. The maximum absolute atomic E-state index is 13.7. The van der Waals surface area contributed by atoms with Gasteiger partial charge < -0.3 is 19.9 Å². The van der Waals surface area contributed by atoms with Crippen LogP contribution in [0.25, 0.3) is 11.0 Å². The number of carbonyl (C=O) groups is 1. The Morgan fingerprint density at radius 3 is 2.28 bits per heavy atom. The van der Waals surface area contributed by atoms with Crippen molar-refractivity contribution in [3.8, 4) is 17.2 Å². The standard InChI is InChI=1S/C36H51N7O2Si/c1-25(2)46(26(3)4,27(5)6)21-16-28-22-32(43-35(44)42(9)24-36(43)17-10-11-18-36)39-33-31(28)23-37-34(40-33)38-29-12-14-30(15-13-29)45-20-19-41(7)8/h12-15,22-23,25-27H,10-11,17-20,24H2,1-9H3,(H,37,38,39,40). The molecule has 1 aliphatic heterocycles. The first-order valence-electron chi connectivity index (χ1n) is 16.8. The molecule has 0 atom stereocenters. The Kier molecular flexibility index (Phi) is 9.94. The molecule has 246 valence electrons. The third-order valence-electron chi connectivity index (χ3n) is 10.0. The summed E-state index contributed by atoms with van der Waals surface area (Å²) in [4.78, 5) is 34.1. The van der Waals surface area contributed by atoms with E-state index in [0.29, 0.717) is 47.2 Å². The molecule has 1 spiro atoms. The third-order valence-corrected chi connectivity index (χ3v) is 16.3. The van der Waals surface area contributed by atoms with E-state index in [1.165, 1.54) is 0 Å². The minimum Gasteiger partial charge on any atom is -0.492 e. The van der Waals surface area contributed by atoms with Crippen LogP contribution in [0.4, 0.5) is 22.2 Å². The van der Waals surface area contributed by atoms with E-state index in [0.717, 1.165) is 54.6 Å². The molecule has 10 heteroatoms. The molecule has 1 saturated carbocycles.